The van der Waals surface area contributed by atoms with E-state index in [0.717, 1.165) is 24.3 Å². The van der Waals surface area contributed by atoms with Crippen LogP contribution in [-0.4, -0.2) is 40.3 Å². The van der Waals surface area contributed by atoms with E-state index in [4.69, 9.17) is 9.47 Å². The Labute approximate surface area is 174 Å². The standard InChI is InChI=1S/C21H18F3NO6/c1-3-30-19(27)21(29,20(28)31-4-2)16-13-7-11(23)8-14(24)17(13)25-18(16)12-6-5-10(22)9-15(12)26/h5-9,25-26,29H,3-4H2,1-2H3. The minimum atomic E-state index is -3.15. The van der Waals surface area contributed by atoms with Crippen LogP contribution in [-0.2, 0) is 24.7 Å². The minimum absolute atomic E-state index is 0.195. The molecule has 1 heterocycles. The van der Waals surface area contributed by atoms with E-state index in [9.17, 15) is 33.0 Å². The Hall–Kier alpha value is -3.53. The number of ether oxygens (including phenoxy) is 2. The lowest BCUT2D eigenvalue weighted by Gasteiger charge is -2.25. The van der Waals surface area contributed by atoms with Crippen molar-refractivity contribution < 1.29 is 42.4 Å². The normalized spacial score (nSPS) is 11.5. The summed E-state index contributed by atoms with van der Waals surface area (Å²) in [7, 11) is 0. The van der Waals surface area contributed by atoms with Crippen molar-refractivity contribution in [2.24, 2.45) is 0 Å². The van der Waals surface area contributed by atoms with E-state index >= 15 is 0 Å². The molecule has 0 fully saturated rings. The molecular weight excluding hydrogens is 419 g/mol. The fraction of sp³-hybridized carbons (Fsp3) is 0.238. The van der Waals surface area contributed by atoms with Gasteiger partial charge in [0.25, 0.3) is 5.60 Å². The number of phenols is 1. The van der Waals surface area contributed by atoms with Crippen molar-refractivity contribution in [3.05, 3.63) is 53.3 Å². The first-order chi connectivity index (χ1) is 14.6. The van der Waals surface area contributed by atoms with Gasteiger partial charge in [0.1, 0.15) is 23.2 Å². The molecule has 7 nitrogen and oxygen atoms in total. The molecule has 0 bridgehead atoms. The van der Waals surface area contributed by atoms with E-state index < -0.39 is 46.3 Å². The van der Waals surface area contributed by atoms with Crippen LogP contribution in [0.3, 0.4) is 0 Å². The fourth-order valence-corrected chi connectivity index (χ4v) is 3.27. The first-order valence-electron chi connectivity index (χ1n) is 9.21. The molecule has 0 saturated heterocycles. The van der Waals surface area contributed by atoms with Crippen molar-refractivity contribution in [2.45, 2.75) is 19.4 Å². The number of aromatic nitrogens is 1. The highest BCUT2D eigenvalue weighted by Gasteiger charge is 2.52. The van der Waals surface area contributed by atoms with E-state index in [-0.39, 0.29) is 35.4 Å². The number of carbonyl (C=O) groups is 2. The second-order valence-corrected chi connectivity index (χ2v) is 6.50. The Morgan fingerprint density at radius 1 is 1.00 bits per heavy atom. The summed E-state index contributed by atoms with van der Waals surface area (Å²) in [5.74, 6) is -6.52. The smallest absolute Gasteiger partial charge is 0.355 e. The summed E-state index contributed by atoms with van der Waals surface area (Å²) < 4.78 is 51.7. The summed E-state index contributed by atoms with van der Waals surface area (Å²) in [6, 6.07) is 4.09. The van der Waals surface area contributed by atoms with Gasteiger partial charge in [-0.3, -0.25) is 0 Å². The molecule has 164 valence electrons. The molecule has 31 heavy (non-hydrogen) atoms. The Morgan fingerprint density at radius 2 is 1.61 bits per heavy atom. The third-order valence-electron chi connectivity index (χ3n) is 4.56. The maximum absolute atomic E-state index is 14.5. The molecule has 10 heteroatoms. The first kappa shape index (κ1) is 22.2. The summed E-state index contributed by atoms with van der Waals surface area (Å²) in [6.07, 6.45) is 0. The van der Waals surface area contributed by atoms with Crippen LogP contribution in [0.25, 0.3) is 22.2 Å². The Balaban J connectivity index is 2.47. The van der Waals surface area contributed by atoms with E-state index in [2.05, 4.69) is 4.98 Å². The topological polar surface area (TPSA) is 109 Å². The van der Waals surface area contributed by atoms with E-state index in [1.165, 1.54) is 13.8 Å². The van der Waals surface area contributed by atoms with Gasteiger partial charge in [0, 0.05) is 28.6 Å². The second kappa shape index (κ2) is 8.31. The summed E-state index contributed by atoms with van der Waals surface area (Å²) in [5, 5.41) is 21.1. The lowest BCUT2D eigenvalue weighted by atomic mass is 9.88. The van der Waals surface area contributed by atoms with Gasteiger partial charge in [-0.05, 0) is 32.0 Å². The Kier molecular flexibility index (Phi) is 5.94. The average molecular weight is 437 g/mol. The zero-order chi connectivity index (χ0) is 22.9. The number of nitrogens with one attached hydrogen (secondary N) is 1. The molecule has 0 atom stereocenters. The predicted octanol–water partition coefficient (Wildman–Crippen LogP) is 3.27. The zero-order valence-electron chi connectivity index (χ0n) is 16.5. The molecule has 0 amide bonds. The molecule has 2 aromatic carbocycles. The third-order valence-corrected chi connectivity index (χ3v) is 4.56. The van der Waals surface area contributed by atoms with E-state index in [0.29, 0.717) is 6.07 Å². The van der Waals surface area contributed by atoms with E-state index in [1.807, 2.05) is 0 Å². The van der Waals surface area contributed by atoms with Gasteiger partial charge in [-0.25, -0.2) is 22.8 Å². The summed E-state index contributed by atoms with van der Waals surface area (Å²) in [5.41, 5.74) is -4.66. The number of aromatic hydroxyl groups is 1. The molecule has 0 saturated carbocycles. The number of H-pyrrole nitrogens is 1. The van der Waals surface area contributed by atoms with Gasteiger partial charge in [0.2, 0.25) is 0 Å². The third kappa shape index (κ3) is 3.70. The number of benzene rings is 2. The van der Waals surface area contributed by atoms with Crippen LogP contribution in [0.5, 0.6) is 5.75 Å². The maximum atomic E-state index is 14.5. The molecule has 0 radical (unpaired) electrons. The highest BCUT2D eigenvalue weighted by Crippen LogP contribution is 2.43. The van der Waals surface area contributed by atoms with Crippen molar-refractivity contribution in [3.63, 3.8) is 0 Å². The Bertz CT molecular complexity index is 1160. The van der Waals surface area contributed by atoms with Gasteiger partial charge in [-0.1, -0.05) is 0 Å². The molecule has 3 aromatic rings. The van der Waals surface area contributed by atoms with Gasteiger partial charge in [0.15, 0.2) is 0 Å². The number of fused-ring (bicyclic) bond motifs is 1. The summed E-state index contributed by atoms with van der Waals surface area (Å²) >= 11 is 0. The number of esters is 2. The number of halogens is 3. The number of hydrogen-bond acceptors (Lipinski definition) is 6. The number of carbonyl (C=O) groups excluding carboxylic acids is 2. The molecule has 3 rings (SSSR count). The molecule has 0 aliphatic heterocycles. The van der Waals surface area contributed by atoms with Gasteiger partial charge < -0.3 is 24.7 Å². The molecule has 1 aromatic heterocycles. The SMILES string of the molecule is CCOC(=O)C(O)(C(=O)OCC)c1c(-c2ccc(F)cc2O)[nH]c2c(F)cc(F)cc12. The first-order valence-corrected chi connectivity index (χ1v) is 9.21. The summed E-state index contributed by atoms with van der Waals surface area (Å²) in [4.78, 5) is 28.0. The van der Waals surface area contributed by atoms with Gasteiger partial charge in [-0.15, -0.1) is 0 Å². The lowest BCUT2D eigenvalue weighted by Crippen LogP contribution is -2.46. The fourth-order valence-electron chi connectivity index (χ4n) is 3.27. The van der Waals surface area contributed by atoms with Crippen molar-refractivity contribution in [3.8, 4) is 17.0 Å². The monoisotopic (exact) mass is 437 g/mol. The maximum Gasteiger partial charge on any atom is 0.355 e. The quantitative estimate of drug-likeness (QED) is 0.404. The second-order valence-electron chi connectivity index (χ2n) is 6.50. The molecule has 0 aliphatic carbocycles. The van der Waals surface area contributed by atoms with Crippen LogP contribution >= 0.6 is 0 Å². The highest BCUT2D eigenvalue weighted by atomic mass is 19.1. The molecular formula is C21H18F3NO6. The van der Waals surface area contributed by atoms with Crippen LogP contribution in [0.15, 0.2) is 30.3 Å². The van der Waals surface area contributed by atoms with Crippen LogP contribution < -0.4 is 0 Å². The van der Waals surface area contributed by atoms with Gasteiger partial charge >= 0.3 is 11.9 Å². The van der Waals surface area contributed by atoms with Crippen molar-refractivity contribution >= 4 is 22.8 Å². The van der Waals surface area contributed by atoms with Crippen molar-refractivity contribution in [2.75, 3.05) is 13.2 Å². The Morgan fingerprint density at radius 3 is 2.16 bits per heavy atom. The van der Waals surface area contributed by atoms with Crippen molar-refractivity contribution in [1.29, 1.82) is 0 Å². The predicted molar refractivity (Wildman–Crippen MR) is 102 cm³/mol. The van der Waals surface area contributed by atoms with Crippen LogP contribution in [0.4, 0.5) is 13.2 Å². The van der Waals surface area contributed by atoms with Crippen LogP contribution in [0, 0.1) is 17.5 Å². The zero-order valence-corrected chi connectivity index (χ0v) is 16.5. The number of rotatable bonds is 6. The highest BCUT2D eigenvalue weighted by molar-refractivity contribution is 6.10. The number of hydrogen-bond donors (Lipinski definition) is 3. The molecule has 0 spiro atoms. The average Bonchev–Trinajstić information content (AvgIpc) is 3.07. The minimum Gasteiger partial charge on any atom is -0.507 e. The lowest BCUT2D eigenvalue weighted by molar-refractivity contribution is -0.184. The van der Waals surface area contributed by atoms with Crippen LogP contribution in [0.1, 0.15) is 19.4 Å². The molecule has 0 unspecified atom stereocenters. The number of phenolic OH excluding ortho intramolecular Hbond substituents is 1. The summed E-state index contributed by atoms with van der Waals surface area (Å²) in [6.45, 7) is 2.38. The largest absolute Gasteiger partial charge is 0.507 e. The van der Waals surface area contributed by atoms with Crippen molar-refractivity contribution in [1.82, 2.24) is 4.98 Å². The van der Waals surface area contributed by atoms with Gasteiger partial charge in [-0.2, -0.15) is 0 Å². The molecule has 3 N–H and O–H groups in total. The number of aromatic amines is 1. The number of aliphatic hydroxyl groups is 1. The van der Waals surface area contributed by atoms with E-state index in [1.54, 1.807) is 0 Å². The van der Waals surface area contributed by atoms with Gasteiger partial charge in [0.05, 0.1) is 24.4 Å². The van der Waals surface area contributed by atoms with Crippen LogP contribution in [0.2, 0.25) is 0 Å². The molecule has 0 aliphatic rings.